The lowest BCUT2D eigenvalue weighted by molar-refractivity contribution is -0.150. The molecule has 2 saturated heterocycles. The van der Waals surface area contributed by atoms with E-state index in [1.54, 1.807) is 11.9 Å². The highest BCUT2D eigenvalue weighted by Crippen LogP contribution is 2.27. The van der Waals surface area contributed by atoms with Gasteiger partial charge in [0.05, 0.1) is 6.54 Å². The van der Waals surface area contributed by atoms with E-state index in [0.29, 0.717) is 32.5 Å². The Morgan fingerprint density at radius 1 is 1.11 bits per heavy atom. The van der Waals surface area contributed by atoms with Gasteiger partial charge in [0.1, 0.15) is 0 Å². The van der Waals surface area contributed by atoms with Crippen molar-refractivity contribution in [3.63, 3.8) is 0 Å². The first kappa shape index (κ1) is 20.0. The highest BCUT2D eigenvalue weighted by atomic mass is 19.4. The second-order valence-corrected chi connectivity index (χ2v) is 7.68. The molecule has 1 aromatic rings. The third-order valence-corrected chi connectivity index (χ3v) is 5.56. The fourth-order valence-corrected chi connectivity index (χ4v) is 4.15. The second kappa shape index (κ2) is 8.50. The maximum absolute atomic E-state index is 12.8. The monoisotopic (exact) mass is 383 g/mol. The lowest BCUT2D eigenvalue weighted by atomic mass is 9.95. The number of likely N-dealkylation sites (tertiary alicyclic amines) is 1. The van der Waals surface area contributed by atoms with E-state index in [1.807, 2.05) is 12.1 Å². The number of rotatable bonds is 5. The summed E-state index contributed by atoms with van der Waals surface area (Å²) in [6.07, 6.45) is -0.799. The van der Waals surface area contributed by atoms with Crippen molar-refractivity contribution in [2.24, 2.45) is 5.92 Å². The average Bonchev–Trinajstić information content (AvgIpc) is 3.15. The summed E-state index contributed by atoms with van der Waals surface area (Å²) in [5.74, 6) is -0.142. The number of hydrogen-bond acceptors (Lipinski definition) is 3. The molecule has 2 aliphatic rings. The average molecular weight is 383 g/mol. The van der Waals surface area contributed by atoms with Crippen molar-refractivity contribution in [2.75, 3.05) is 44.7 Å². The van der Waals surface area contributed by atoms with Crippen molar-refractivity contribution in [1.29, 1.82) is 0 Å². The van der Waals surface area contributed by atoms with E-state index in [9.17, 15) is 18.0 Å². The lowest BCUT2D eigenvalue weighted by Crippen LogP contribution is -2.44. The van der Waals surface area contributed by atoms with Gasteiger partial charge in [-0.05, 0) is 50.4 Å². The Labute approximate surface area is 158 Å². The molecule has 0 unspecified atom stereocenters. The second-order valence-electron chi connectivity index (χ2n) is 7.68. The van der Waals surface area contributed by atoms with Gasteiger partial charge in [-0.1, -0.05) is 18.2 Å². The van der Waals surface area contributed by atoms with E-state index in [2.05, 4.69) is 17.0 Å². The van der Waals surface area contributed by atoms with Gasteiger partial charge in [-0.15, -0.1) is 0 Å². The number of carbonyl (C=O) groups is 1. The van der Waals surface area contributed by atoms with Gasteiger partial charge < -0.3 is 9.80 Å². The van der Waals surface area contributed by atoms with Crippen LogP contribution in [0.2, 0.25) is 0 Å². The van der Waals surface area contributed by atoms with Crippen LogP contribution in [0.5, 0.6) is 0 Å². The number of carbonyl (C=O) groups excluding carboxylic acids is 1. The highest BCUT2D eigenvalue weighted by Gasteiger charge is 2.34. The first-order valence-electron chi connectivity index (χ1n) is 9.70. The SMILES string of the molecule is CN(Cc1ccccc1N1CCCC1)C(=O)C1CCN(CC(F)(F)F)CC1. The summed E-state index contributed by atoms with van der Waals surface area (Å²) in [5, 5.41) is 0. The number of benzene rings is 1. The first-order valence-corrected chi connectivity index (χ1v) is 9.70. The number of anilines is 1. The van der Waals surface area contributed by atoms with Crippen LogP contribution >= 0.6 is 0 Å². The molecule has 0 radical (unpaired) electrons. The number of halogens is 3. The van der Waals surface area contributed by atoms with E-state index >= 15 is 0 Å². The summed E-state index contributed by atoms with van der Waals surface area (Å²) >= 11 is 0. The molecule has 3 rings (SSSR count). The minimum absolute atomic E-state index is 0.0397. The summed E-state index contributed by atoms with van der Waals surface area (Å²) in [5.41, 5.74) is 2.32. The molecule has 0 bridgehead atoms. The minimum atomic E-state index is -4.17. The molecule has 4 nitrogen and oxygen atoms in total. The molecule has 27 heavy (non-hydrogen) atoms. The Kier molecular flexibility index (Phi) is 6.29. The Morgan fingerprint density at radius 3 is 2.37 bits per heavy atom. The Balaban J connectivity index is 1.56. The van der Waals surface area contributed by atoms with Crippen LogP contribution < -0.4 is 4.90 Å². The van der Waals surface area contributed by atoms with Crippen LogP contribution in [0.1, 0.15) is 31.2 Å². The molecule has 0 atom stereocenters. The third-order valence-electron chi connectivity index (χ3n) is 5.56. The Morgan fingerprint density at radius 2 is 1.74 bits per heavy atom. The minimum Gasteiger partial charge on any atom is -0.371 e. The summed E-state index contributed by atoms with van der Waals surface area (Å²) in [6, 6.07) is 8.18. The predicted molar refractivity (Wildman–Crippen MR) is 99.6 cm³/mol. The quantitative estimate of drug-likeness (QED) is 0.778. The number of para-hydroxylation sites is 1. The molecule has 0 aliphatic carbocycles. The van der Waals surface area contributed by atoms with Gasteiger partial charge in [-0.3, -0.25) is 9.69 Å². The molecule has 0 saturated carbocycles. The molecule has 0 N–H and O–H groups in total. The molecular formula is C20H28F3N3O. The van der Waals surface area contributed by atoms with Gasteiger partial charge in [-0.2, -0.15) is 13.2 Å². The Hall–Kier alpha value is -1.76. The number of amides is 1. The van der Waals surface area contributed by atoms with Crippen LogP contribution in [-0.2, 0) is 11.3 Å². The molecular weight excluding hydrogens is 355 g/mol. The maximum atomic E-state index is 12.8. The molecule has 150 valence electrons. The normalized spacial score (nSPS) is 19.5. The highest BCUT2D eigenvalue weighted by molar-refractivity contribution is 5.79. The molecule has 0 spiro atoms. The van der Waals surface area contributed by atoms with Gasteiger partial charge in [0.25, 0.3) is 0 Å². The number of alkyl halides is 3. The number of nitrogens with zero attached hydrogens (tertiary/aromatic N) is 3. The van der Waals surface area contributed by atoms with E-state index in [0.717, 1.165) is 18.7 Å². The Bertz CT molecular complexity index is 636. The van der Waals surface area contributed by atoms with Gasteiger partial charge in [0, 0.05) is 38.3 Å². The van der Waals surface area contributed by atoms with Crippen LogP contribution in [0.15, 0.2) is 24.3 Å². The zero-order valence-electron chi connectivity index (χ0n) is 15.8. The van der Waals surface area contributed by atoms with Crippen LogP contribution in [-0.4, -0.2) is 61.7 Å². The lowest BCUT2D eigenvalue weighted by Gasteiger charge is -2.33. The van der Waals surface area contributed by atoms with Crippen molar-refractivity contribution >= 4 is 11.6 Å². The van der Waals surface area contributed by atoms with E-state index in [1.165, 1.54) is 23.4 Å². The fraction of sp³-hybridized carbons (Fsp3) is 0.650. The van der Waals surface area contributed by atoms with Gasteiger partial charge in [-0.25, -0.2) is 0 Å². The van der Waals surface area contributed by atoms with E-state index in [4.69, 9.17) is 0 Å². The van der Waals surface area contributed by atoms with Crippen LogP contribution in [0, 0.1) is 5.92 Å². The number of piperidine rings is 1. The van der Waals surface area contributed by atoms with Crippen molar-refractivity contribution in [3.05, 3.63) is 29.8 Å². The topological polar surface area (TPSA) is 26.8 Å². The van der Waals surface area contributed by atoms with Crippen LogP contribution in [0.4, 0.5) is 18.9 Å². The molecule has 1 amide bonds. The van der Waals surface area contributed by atoms with E-state index < -0.39 is 12.7 Å². The fourth-order valence-electron chi connectivity index (χ4n) is 4.15. The summed E-state index contributed by atoms with van der Waals surface area (Å²) < 4.78 is 37.5. The molecule has 0 aromatic heterocycles. The predicted octanol–water partition coefficient (Wildman–Crippen LogP) is 3.52. The van der Waals surface area contributed by atoms with Crippen molar-refractivity contribution in [1.82, 2.24) is 9.80 Å². The van der Waals surface area contributed by atoms with E-state index in [-0.39, 0.29) is 11.8 Å². The first-order chi connectivity index (χ1) is 12.8. The zero-order chi connectivity index (χ0) is 19.4. The summed E-state index contributed by atoms with van der Waals surface area (Å²) in [4.78, 5) is 18.3. The smallest absolute Gasteiger partial charge is 0.371 e. The van der Waals surface area contributed by atoms with Crippen LogP contribution in [0.25, 0.3) is 0 Å². The summed E-state index contributed by atoms with van der Waals surface area (Å²) in [7, 11) is 1.80. The van der Waals surface area contributed by atoms with Gasteiger partial charge in [0.15, 0.2) is 0 Å². The molecule has 2 fully saturated rings. The van der Waals surface area contributed by atoms with Gasteiger partial charge in [0.2, 0.25) is 5.91 Å². The molecule has 2 aliphatic heterocycles. The third kappa shape index (κ3) is 5.37. The van der Waals surface area contributed by atoms with Crippen molar-refractivity contribution < 1.29 is 18.0 Å². The number of hydrogen-bond donors (Lipinski definition) is 0. The van der Waals surface area contributed by atoms with Crippen LogP contribution in [0.3, 0.4) is 0 Å². The largest absolute Gasteiger partial charge is 0.401 e. The van der Waals surface area contributed by atoms with Gasteiger partial charge >= 0.3 is 6.18 Å². The van der Waals surface area contributed by atoms with Crippen molar-refractivity contribution in [2.45, 2.75) is 38.4 Å². The molecule has 1 aromatic carbocycles. The molecule has 7 heteroatoms. The summed E-state index contributed by atoms with van der Waals surface area (Å²) in [6.45, 7) is 2.40. The maximum Gasteiger partial charge on any atom is 0.401 e. The van der Waals surface area contributed by atoms with Crippen molar-refractivity contribution in [3.8, 4) is 0 Å². The zero-order valence-corrected chi connectivity index (χ0v) is 15.8. The standard InChI is InChI=1S/C20H28F3N3O/c1-24(14-17-6-2-3-7-18(17)26-10-4-5-11-26)19(27)16-8-12-25(13-9-16)15-20(21,22)23/h2-3,6-7,16H,4-5,8-15H2,1H3. The molecule has 2 heterocycles.